The van der Waals surface area contributed by atoms with E-state index in [0.717, 1.165) is 0 Å². The summed E-state index contributed by atoms with van der Waals surface area (Å²) in [5, 5.41) is 0.0680. The first-order valence-corrected chi connectivity index (χ1v) is 6.17. The van der Waals surface area contributed by atoms with E-state index >= 15 is 0 Å². The van der Waals surface area contributed by atoms with E-state index in [9.17, 15) is 0 Å². The Morgan fingerprint density at radius 2 is 2.11 bits per heavy atom. The van der Waals surface area contributed by atoms with Crippen LogP contribution < -0.4 is 4.74 Å². The molecule has 0 unspecified atom stereocenters. The smallest absolute Gasteiger partial charge is 0.322 e. The van der Waals surface area contributed by atoms with Crippen LogP contribution in [0.3, 0.4) is 0 Å². The zero-order valence-electron chi connectivity index (χ0n) is 10.7. The van der Waals surface area contributed by atoms with Crippen molar-refractivity contribution in [1.29, 1.82) is 0 Å². The van der Waals surface area contributed by atoms with Gasteiger partial charge in [-0.3, -0.25) is 4.57 Å². The fraction of sp³-hybridized carbons (Fsp3) is 0.455. The Hall–Kier alpha value is -1.73. The van der Waals surface area contributed by atoms with Gasteiger partial charge in [0, 0.05) is 12.4 Å². The fourth-order valence-corrected chi connectivity index (χ4v) is 1.44. The van der Waals surface area contributed by atoms with Gasteiger partial charge in [0.2, 0.25) is 11.2 Å². The van der Waals surface area contributed by atoms with Crippen molar-refractivity contribution in [2.24, 2.45) is 0 Å². The van der Waals surface area contributed by atoms with Gasteiger partial charge in [-0.05, 0) is 25.4 Å². The van der Waals surface area contributed by atoms with Crippen LogP contribution >= 0.6 is 11.6 Å². The lowest BCUT2D eigenvalue weighted by Crippen LogP contribution is -2.13. The van der Waals surface area contributed by atoms with E-state index in [0.29, 0.717) is 19.2 Å². The van der Waals surface area contributed by atoms with Crippen molar-refractivity contribution in [3.8, 4) is 12.0 Å². The molecule has 0 aliphatic carbocycles. The summed E-state index contributed by atoms with van der Waals surface area (Å²) >= 11 is 5.82. The van der Waals surface area contributed by atoms with Gasteiger partial charge in [0.05, 0.1) is 12.7 Å². The minimum absolute atomic E-state index is 0.0680. The molecule has 0 aliphatic heterocycles. The van der Waals surface area contributed by atoms with Gasteiger partial charge in [0.1, 0.15) is 12.9 Å². The predicted octanol–water partition coefficient (Wildman–Crippen LogP) is 1.51. The van der Waals surface area contributed by atoms with Gasteiger partial charge in [0.25, 0.3) is 0 Å². The zero-order chi connectivity index (χ0) is 13.7. The molecule has 0 aromatic carbocycles. The normalized spacial score (nSPS) is 10.9. The predicted molar refractivity (Wildman–Crippen MR) is 68.5 cm³/mol. The zero-order valence-corrected chi connectivity index (χ0v) is 11.4. The number of imidazole rings is 1. The van der Waals surface area contributed by atoms with E-state index in [2.05, 4.69) is 19.9 Å². The number of ether oxygens (including phenoxy) is 2. The highest BCUT2D eigenvalue weighted by atomic mass is 35.5. The topological polar surface area (TPSA) is 75.0 Å². The molecule has 0 bridgehead atoms. The summed E-state index contributed by atoms with van der Waals surface area (Å²) < 4.78 is 12.3. The monoisotopic (exact) mass is 283 g/mol. The Balaban J connectivity index is 2.01. The highest BCUT2D eigenvalue weighted by molar-refractivity contribution is 6.28. The molecule has 0 fully saturated rings. The first-order chi connectivity index (χ1) is 9.15. The van der Waals surface area contributed by atoms with Crippen LogP contribution in [0.5, 0.6) is 6.01 Å². The molecule has 0 atom stereocenters. The van der Waals surface area contributed by atoms with Crippen LogP contribution in [0.1, 0.15) is 13.8 Å². The van der Waals surface area contributed by atoms with Crippen LogP contribution in [0, 0.1) is 0 Å². The number of halogens is 1. The minimum Gasteiger partial charge on any atom is -0.461 e. The summed E-state index contributed by atoms with van der Waals surface area (Å²) in [7, 11) is 0. The second kappa shape index (κ2) is 6.44. The molecule has 0 N–H and O–H groups in total. The van der Waals surface area contributed by atoms with Crippen LogP contribution in [0.15, 0.2) is 18.7 Å². The molecule has 0 spiro atoms. The van der Waals surface area contributed by atoms with Crippen molar-refractivity contribution in [2.75, 3.05) is 13.2 Å². The minimum atomic E-state index is 0.0680. The molecule has 0 amide bonds. The first kappa shape index (κ1) is 13.7. The number of hydrogen-bond donors (Lipinski definition) is 0. The largest absolute Gasteiger partial charge is 0.461 e. The van der Waals surface area contributed by atoms with E-state index in [1.54, 1.807) is 23.3 Å². The molecular weight excluding hydrogens is 270 g/mol. The van der Waals surface area contributed by atoms with Gasteiger partial charge >= 0.3 is 6.01 Å². The molecule has 2 rings (SSSR count). The lowest BCUT2D eigenvalue weighted by Gasteiger charge is -2.08. The number of hydrogen-bond acceptors (Lipinski definition) is 6. The van der Waals surface area contributed by atoms with E-state index in [-0.39, 0.29) is 17.4 Å². The number of aromatic nitrogens is 5. The van der Waals surface area contributed by atoms with Crippen molar-refractivity contribution in [2.45, 2.75) is 20.0 Å². The summed E-state index contributed by atoms with van der Waals surface area (Å²) in [6.07, 6.45) is 5.05. The summed E-state index contributed by atoms with van der Waals surface area (Å²) in [5.41, 5.74) is 0. The second-order valence-corrected chi connectivity index (χ2v) is 4.26. The molecule has 2 aromatic heterocycles. The molecule has 8 heteroatoms. The van der Waals surface area contributed by atoms with Crippen LogP contribution in [0.2, 0.25) is 5.28 Å². The molecule has 19 heavy (non-hydrogen) atoms. The van der Waals surface area contributed by atoms with Crippen LogP contribution in [-0.4, -0.2) is 43.8 Å². The Morgan fingerprint density at radius 3 is 2.79 bits per heavy atom. The second-order valence-electron chi connectivity index (χ2n) is 3.92. The summed E-state index contributed by atoms with van der Waals surface area (Å²) in [6.45, 7) is 4.72. The third kappa shape index (κ3) is 4.15. The molecule has 0 radical (unpaired) electrons. The highest BCUT2D eigenvalue weighted by Crippen LogP contribution is 2.10. The number of rotatable bonds is 6. The average Bonchev–Trinajstić information content (AvgIpc) is 2.87. The molecule has 2 aromatic rings. The lowest BCUT2D eigenvalue weighted by atomic mass is 10.5. The standard InChI is InChI=1S/C11H14ClN5O2/c1-8(2)18-5-6-19-11-15-9(12)14-10(16-11)17-4-3-13-7-17/h3-4,7-8H,5-6H2,1-2H3. The van der Waals surface area contributed by atoms with Gasteiger partial charge in [-0.25, -0.2) is 4.98 Å². The molecule has 0 aliphatic rings. The van der Waals surface area contributed by atoms with E-state index in [1.165, 1.54) is 0 Å². The SMILES string of the molecule is CC(C)OCCOc1nc(Cl)nc(-n2ccnc2)n1. The van der Waals surface area contributed by atoms with Crippen molar-refractivity contribution < 1.29 is 9.47 Å². The van der Waals surface area contributed by atoms with Gasteiger partial charge in [-0.1, -0.05) is 0 Å². The first-order valence-electron chi connectivity index (χ1n) is 5.79. The third-order valence-corrected chi connectivity index (χ3v) is 2.25. The molecule has 102 valence electrons. The maximum atomic E-state index is 5.82. The quantitative estimate of drug-likeness (QED) is 0.748. The molecule has 7 nitrogen and oxygen atoms in total. The Bertz CT molecular complexity index is 518. The Morgan fingerprint density at radius 1 is 1.26 bits per heavy atom. The van der Waals surface area contributed by atoms with Crippen molar-refractivity contribution in [1.82, 2.24) is 24.5 Å². The van der Waals surface area contributed by atoms with Gasteiger partial charge < -0.3 is 9.47 Å². The Labute approximate surface area is 115 Å². The molecule has 0 saturated heterocycles. The van der Waals surface area contributed by atoms with E-state index in [4.69, 9.17) is 21.1 Å². The van der Waals surface area contributed by atoms with Gasteiger partial charge in [-0.15, -0.1) is 0 Å². The number of nitrogens with zero attached hydrogens (tertiary/aromatic N) is 5. The molecular formula is C11H14ClN5O2. The molecule has 2 heterocycles. The lowest BCUT2D eigenvalue weighted by molar-refractivity contribution is 0.0530. The van der Waals surface area contributed by atoms with Crippen LogP contribution in [-0.2, 0) is 4.74 Å². The van der Waals surface area contributed by atoms with Gasteiger partial charge in [0.15, 0.2) is 0 Å². The summed E-state index contributed by atoms with van der Waals surface area (Å²) in [5.74, 6) is 0.359. The van der Waals surface area contributed by atoms with Gasteiger partial charge in [-0.2, -0.15) is 15.0 Å². The van der Waals surface area contributed by atoms with E-state index in [1.807, 2.05) is 13.8 Å². The summed E-state index contributed by atoms with van der Waals surface area (Å²) in [6, 6.07) is 0.163. The fourth-order valence-electron chi connectivity index (χ4n) is 1.30. The third-order valence-electron chi connectivity index (χ3n) is 2.08. The maximum Gasteiger partial charge on any atom is 0.322 e. The van der Waals surface area contributed by atoms with Crippen LogP contribution in [0.25, 0.3) is 5.95 Å². The van der Waals surface area contributed by atoms with Crippen molar-refractivity contribution >= 4 is 11.6 Å². The molecule has 0 saturated carbocycles. The van der Waals surface area contributed by atoms with Crippen molar-refractivity contribution in [3.63, 3.8) is 0 Å². The van der Waals surface area contributed by atoms with E-state index < -0.39 is 0 Å². The highest BCUT2D eigenvalue weighted by Gasteiger charge is 2.07. The van der Waals surface area contributed by atoms with Crippen molar-refractivity contribution in [3.05, 3.63) is 24.0 Å². The average molecular weight is 284 g/mol. The van der Waals surface area contributed by atoms with Crippen LogP contribution in [0.4, 0.5) is 0 Å². The maximum absolute atomic E-state index is 5.82. The summed E-state index contributed by atoms with van der Waals surface area (Å²) in [4.78, 5) is 15.9. The Kier molecular flexibility index (Phi) is 4.64.